The Labute approximate surface area is 195 Å². The number of likely N-dealkylation sites (N-methyl/N-ethyl adjacent to an activating group) is 1. The highest BCUT2D eigenvalue weighted by Gasteiger charge is 2.27. The molecule has 0 aliphatic carbocycles. The summed E-state index contributed by atoms with van der Waals surface area (Å²) in [6.07, 6.45) is 0.832. The second-order valence-electron chi connectivity index (χ2n) is 8.40. The summed E-state index contributed by atoms with van der Waals surface area (Å²) in [5, 5.41) is 7.36. The fourth-order valence-corrected chi connectivity index (χ4v) is 5.08. The molecule has 2 aromatic heterocycles. The molecular formula is C23H24N6O3S. The second kappa shape index (κ2) is 8.04. The number of hydrogen-bond donors (Lipinski definition) is 1. The van der Waals surface area contributed by atoms with Gasteiger partial charge in [-0.15, -0.1) is 11.3 Å². The van der Waals surface area contributed by atoms with Gasteiger partial charge in [-0.25, -0.2) is 4.68 Å². The summed E-state index contributed by atoms with van der Waals surface area (Å²) in [7, 11) is 5.18. The van der Waals surface area contributed by atoms with Crippen LogP contribution >= 0.6 is 11.3 Å². The van der Waals surface area contributed by atoms with E-state index in [0.717, 1.165) is 46.9 Å². The van der Waals surface area contributed by atoms with Crippen molar-refractivity contribution < 1.29 is 14.4 Å². The van der Waals surface area contributed by atoms with E-state index in [1.54, 1.807) is 31.1 Å². The molecule has 1 N–H and O–H groups in total. The summed E-state index contributed by atoms with van der Waals surface area (Å²) in [5.74, 6) is 0.984. The minimum atomic E-state index is -0.294. The molecule has 1 aromatic carbocycles. The van der Waals surface area contributed by atoms with Crippen LogP contribution in [0.15, 0.2) is 36.4 Å². The van der Waals surface area contributed by atoms with E-state index in [0.29, 0.717) is 28.7 Å². The Bertz CT molecular complexity index is 1280. The van der Waals surface area contributed by atoms with Crippen molar-refractivity contribution in [1.82, 2.24) is 19.6 Å². The maximum atomic E-state index is 12.7. The molecule has 0 fully saturated rings. The smallest absolute Gasteiger partial charge is 0.266 e. The highest BCUT2D eigenvalue weighted by molar-refractivity contribution is 7.16. The maximum absolute atomic E-state index is 12.7. The van der Waals surface area contributed by atoms with Gasteiger partial charge in [0.15, 0.2) is 5.82 Å². The van der Waals surface area contributed by atoms with Crippen molar-refractivity contribution in [2.75, 3.05) is 44.4 Å². The van der Waals surface area contributed by atoms with Crippen LogP contribution in [-0.4, -0.2) is 71.5 Å². The molecule has 0 saturated heterocycles. The van der Waals surface area contributed by atoms with Crippen LogP contribution in [0.4, 0.5) is 17.3 Å². The molecule has 0 saturated carbocycles. The molecule has 10 heteroatoms. The molecule has 0 unspecified atom stereocenters. The summed E-state index contributed by atoms with van der Waals surface area (Å²) in [5.41, 5.74) is 2.83. The molecule has 5 rings (SSSR count). The zero-order valence-electron chi connectivity index (χ0n) is 18.7. The third-order valence-corrected chi connectivity index (χ3v) is 7.03. The quantitative estimate of drug-likeness (QED) is 0.641. The summed E-state index contributed by atoms with van der Waals surface area (Å²) in [4.78, 5) is 43.5. The third kappa shape index (κ3) is 3.76. The first kappa shape index (κ1) is 21.2. The fraction of sp³-hybridized carbons (Fsp3) is 0.304. The predicted octanol–water partition coefficient (Wildman–Crippen LogP) is 2.68. The van der Waals surface area contributed by atoms with Crippen LogP contribution in [0, 0.1) is 0 Å². The zero-order valence-corrected chi connectivity index (χ0v) is 19.5. The largest absolute Gasteiger partial charge is 0.344 e. The van der Waals surface area contributed by atoms with Crippen LogP contribution < -0.4 is 10.2 Å². The molecule has 0 atom stereocenters. The van der Waals surface area contributed by atoms with Gasteiger partial charge in [-0.05, 0) is 42.3 Å². The lowest BCUT2D eigenvalue weighted by molar-refractivity contribution is 0.0779. The SMILES string of the molecule is CN(C)C(=O)c1ccc(C(=O)Nc2cc3n(n2)CCN3c2ccc3c(c2)CCN(C)C3=O)s1. The average Bonchev–Trinajstić information content (AvgIpc) is 3.51. The predicted molar refractivity (Wildman–Crippen MR) is 127 cm³/mol. The molecule has 170 valence electrons. The van der Waals surface area contributed by atoms with Gasteiger partial charge in [0, 0.05) is 51.5 Å². The molecule has 2 aliphatic rings. The number of benzene rings is 1. The Kier molecular flexibility index (Phi) is 5.16. The molecular weight excluding hydrogens is 440 g/mol. The average molecular weight is 465 g/mol. The van der Waals surface area contributed by atoms with Crippen LogP contribution in [0.25, 0.3) is 0 Å². The first-order valence-corrected chi connectivity index (χ1v) is 11.5. The van der Waals surface area contributed by atoms with Crippen molar-refractivity contribution in [2.45, 2.75) is 13.0 Å². The molecule has 33 heavy (non-hydrogen) atoms. The number of fused-ring (bicyclic) bond motifs is 2. The lowest BCUT2D eigenvalue weighted by Gasteiger charge is -2.26. The van der Waals surface area contributed by atoms with E-state index in [1.165, 1.54) is 4.90 Å². The Hall–Kier alpha value is -3.66. The molecule has 9 nitrogen and oxygen atoms in total. The van der Waals surface area contributed by atoms with E-state index in [2.05, 4.69) is 21.4 Å². The zero-order chi connectivity index (χ0) is 23.3. The Morgan fingerprint density at radius 1 is 1.06 bits per heavy atom. The highest BCUT2D eigenvalue weighted by Crippen LogP contribution is 2.34. The van der Waals surface area contributed by atoms with Gasteiger partial charge in [-0.1, -0.05) is 0 Å². The number of amides is 3. The standard InChI is InChI=1S/C23H24N6O3S/c1-26(2)23(32)18-7-6-17(33-18)21(30)24-19-13-20-28(10-11-29(20)25-19)15-4-5-16-14(12-15)8-9-27(3)22(16)31/h4-7,12-13H,8-11H2,1-3H3,(H,24,25,30). The van der Waals surface area contributed by atoms with Gasteiger partial charge in [0.25, 0.3) is 17.7 Å². The van der Waals surface area contributed by atoms with E-state index >= 15 is 0 Å². The van der Waals surface area contributed by atoms with Crippen molar-refractivity contribution in [2.24, 2.45) is 0 Å². The normalized spacial score (nSPS) is 14.8. The van der Waals surface area contributed by atoms with Crippen molar-refractivity contribution in [3.8, 4) is 0 Å². The van der Waals surface area contributed by atoms with Gasteiger partial charge in [0.05, 0.1) is 16.3 Å². The van der Waals surface area contributed by atoms with Crippen molar-refractivity contribution in [3.05, 3.63) is 57.3 Å². The molecule has 0 bridgehead atoms. The summed E-state index contributed by atoms with van der Waals surface area (Å²) in [6.45, 7) is 2.18. The molecule has 3 amide bonds. The molecule has 3 aromatic rings. The maximum Gasteiger partial charge on any atom is 0.266 e. The van der Waals surface area contributed by atoms with E-state index in [4.69, 9.17) is 0 Å². The van der Waals surface area contributed by atoms with Crippen LogP contribution in [-0.2, 0) is 13.0 Å². The monoisotopic (exact) mass is 464 g/mol. The molecule has 4 heterocycles. The van der Waals surface area contributed by atoms with Gasteiger partial charge < -0.3 is 20.0 Å². The van der Waals surface area contributed by atoms with Crippen LogP contribution in [0.2, 0.25) is 0 Å². The summed E-state index contributed by atoms with van der Waals surface area (Å²) in [6, 6.07) is 11.1. The highest BCUT2D eigenvalue weighted by atomic mass is 32.1. The van der Waals surface area contributed by atoms with E-state index in [1.807, 2.05) is 29.9 Å². The summed E-state index contributed by atoms with van der Waals surface area (Å²) < 4.78 is 1.86. The molecule has 0 radical (unpaired) electrons. The Morgan fingerprint density at radius 3 is 2.64 bits per heavy atom. The van der Waals surface area contributed by atoms with Crippen molar-refractivity contribution in [1.29, 1.82) is 0 Å². The minimum absolute atomic E-state index is 0.0586. The van der Waals surface area contributed by atoms with Gasteiger partial charge in [0.1, 0.15) is 5.82 Å². The number of rotatable bonds is 4. The number of nitrogens with one attached hydrogen (secondary N) is 1. The Balaban J connectivity index is 1.34. The van der Waals surface area contributed by atoms with Crippen LogP contribution in [0.3, 0.4) is 0 Å². The number of anilines is 3. The minimum Gasteiger partial charge on any atom is -0.344 e. The van der Waals surface area contributed by atoms with Gasteiger partial charge in [-0.2, -0.15) is 5.10 Å². The van der Waals surface area contributed by atoms with Crippen molar-refractivity contribution in [3.63, 3.8) is 0 Å². The van der Waals surface area contributed by atoms with E-state index in [9.17, 15) is 14.4 Å². The first-order chi connectivity index (χ1) is 15.8. The number of thiophene rings is 1. The van der Waals surface area contributed by atoms with E-state index in [-0.39, 0.29) is 17.7 Å². The number of carbonyl (C=O) groups is 3. The van der Waals surface area contributed by atoms with Crippen molar-refractivity contribution >= 4 is 46.4 Å². The van der Waals surface area contributed by atoms with Crippen LogP contribution in [0.1, 0.15) is 35.3 Å². The van der Waals surface area contributed by atoms with Crippen LogP contribution in [0.5, 0.6) is 0 Å². The topological polar surface area (TPSA) is 90.8 Å². The molecule has 2 aliphatic heterocycles. The lowest BCUT2D eigenvalue weighted by Crippen LogP contribution is -2.34. The number of aromatic nitrogens is 2. The lowest BCUT2D eigenvalue weighted by atomic mass is 9.98. The van der Waals surface area contributed by atoms with Gasteiger partial charge in [-0.3, -0.25) is 14.4 Å². The number of hydrogen-bond acceptors (Lipinski definition) is 6. The molecule has 0 spiro atoms. The van der Waals surface area contributed by atoms with Gasteiger partial charge >= 0.3 is 0 Å². The Morgan fingerprint density at radius 2 is 1.85 bits per heavy atom. The fourth-order valence-electron chi connectivity index (χ4n) is 4.15. The van der Waals surface area contributed by atoms with E-state index < -0.39 is 0 Å². The second-order valence-corrected chi connectivity index (χ2v) is 9.48. The summed E-state index contributed by atoms with van der Waals surface area (Å²) >= 11 is 1.16. The first-order valence-electron chi connectivity index (χ1n) is 10.7. The third-order valence-electron chi connectivity index (χ3n) is 5.95. The number of carbonyl (C=O) groups excluding carboxylic acids is 3. The number of nitrogens with zero attached hydrogens (tertiary/aromatic N) is 5. The van der Waals surface area contributed by atoms with Gasteiger partial charge in [0.2, 0.25) is 0 Å².